The molecule has 0 fully saturated rings. The second-order valence-electron chi connectivity index (χ2n) is 6.17. The van der Waals surface area contributed by atoms with E-state index in [1.165, 1.54) is 24.1 Å². The summed E-state index contributed by atoms with van der Waals surface area (Å²) in [6.07, 6.45) is -0.210. The molecular formula is C20H22ClFN2O2. The average Bonchev–Trinajstić information content (AvgIpc) is 2.63. The van der Waals surface area contributed by atoms with E-state index in [-0.39, 0.29) is 35.4 Å². The summed E-state index contributed by atoms with van der Waals surface area (Å²) in [5.74, 6) is -1.19. The monoisotopic (exact) mass is 376 g/mol. The molecule has 0 aliphatic rings. The maximum Gasteiger partial charge on any atom is 0.242 e. The Morgan fingerprint density at radius 2 is 1.85 bits per heavy atom. The number of carbonyl (C=O) groups is 2. The summed E-state index contributed by atoms with van der Waals surface area (Å²) >= 11 is 6.04. The molecule has 6 heteroatoms. The lowest BCUT2D eigenvalue weighted by atomic mass is 10.1. The van der Waals surface area contributed by atoms with Gasteiger partial charge in [0.2, 0.25) is 11.8 Å². The van der Waals surface area contributed by atoms with Crippen LogP contribution in [0.25, 0.3) is 0 Å². The highest BCUT2D eigenvalue weighted by molar-refractivity contribution is 6.31. The Balaban J connectivity index is 2.28. The molecule has 2 amide bonds. The zero-order chi connectivity index (χ0) is 19.3. The van der Waals surface area contributed by atoms with Crippen LogP contribution in [0.1, 0.15) is 23.6 Å². The lowest BCUT2D eigenvalue weighted by Crippen LogP contribution is -2.47. The van der Waals surface area contributed by atoms with Crippen molar-refractivity contribution in [3.8, 4) is 0 Å². The molecule has 4 nitrogen and oxygen atoms in total. The number of hydrogen-bond acceptors (Lipinski definition) is 2. The molecule has 0 aliphatic heterocycles. The van der Waals surface area contributed by atoms with Crippen LogP contribution in [-0.2, 0) is 22.6 Å². The van der Waals surface area contributed by atoms with Gasteiger partial charge in [0.15, 0.2) is 0 Å². The number of benzene rings is 2. The minimum absolute atomic E-state index is 0.136. The van der Waals surface area contributed by atoms with Crippen molar-refractivity contribution in [2.75, 3.05) is 7.05 Å². The SMILES string of the molecule is CNC(=O)[C@@H](C)N(Cc1ccc(C)cc1)C(=O)Cc1c(F)cccc1Cl. The van der Waals surface area contributed by atoms with E-state index in [0.717, 1.165) is 11.1 Å². The van der Waals surface area contributed by atoms with Crippen LogP contribution in [0.15, 0.2) is 42.5 Å². The van der Waals surface area contributed by atoms with Gasteiger partial charge in [0.05, 0.1) is 6.42 Å². The van der Waals surface area contributed by atoms with Gasteiger partial charge in [-0.05, 0) is 31.5 Å². The zero-order valence-corrected chi connectivity index (χ0v) is 15.8. The minimum Gasteiger partial charge on any atom is -0.357 e. The van der Waals surface area contributed by atoms with Crippen molar-refractivity contribution in [2.24, 2.45) is 0 Å². The summed E-state index contributed by atoms with van der Waals surface area (Å²) in [4.78, 5) is 26.4. The van der Waals surface area contributed by atoms with E-state index in [1.807, 2.05) is 31.2 Å². The zero-order valence-electron chi connectivity index (χ0n) is 15.1. The molecule has 2 aromatic rings. The van der Waals surface area contributed by atoms with Crippen LogP contribution in [0.2, 0.25) is 5.02 Å². The standard InChI is InChI=1S/C20H22ClFN2O2/c1-13-7-9-15(10-8-13)12-24(14(2)20(26)23-3)19(25)11-16-17(21)5-4-6-18(16)22/h4-10,14H,11-12H2,1-3H3,(H,23,26)/t14-/m1/s1. The fourth-order valence-corrected chi connectivity index (χ4v) is 2.87. The Morgan fingerprint density at radius 1 is 1.19 bits per heavy atom. The van der Waals surface area contributed by atoms with Gasteiger partial charge in [0, 0.05) is 24.2 Å². The Kier molecular flexibility index (Phi) is 6.75. The molecule has 0 spiro atoms. The van der Waals surface area contributed by atoms with E-state index < -0.39 is 11.9 Å². The van der Waals surface area contributed by atoms with Gasteiger partial charge < -0.3 is 10.2 Å². The van der Waals surface area contributed by atoms with E-state index in [2.05, 4.69) is 5.32 Å². The first-order valence-corrected chi connectivity index (χ1v) is 8.70. The highest BCUT2D eigenvalue weighted by Gasteiger charge is 2.26. The van der Waals surface area contributed by atoms with Crippen LogP contribution in [0.5, 0.6) is 0 Å². The third-order valence-electron chi connectivity index (χ3n) is 4.28. The molecular weight excluding hydrogens is 355 g/mol. The van der Waals surface area contributed by atoms with Gasteiger partial charge >= 0.3 is 0 Å². The first-order chi connectivity index (χ1) is 12.3. The number of nitrogens with one attached hydrogen (secondary N) is 1. The van der Waals surface area contributed by atoms with Crippen molar-refractivity contribution in [1.82, 2.24) is 10.2 Å². The second-order valence-corrected chi connectivity index (χ2v) is 6.58. The first kappa shape index (κ1) is 19.9. The van der Waals surface area contributed by atoms with E-state index in [1.54, 1.807) is 13.0 Å². The average molecular weight is 377 g/mol. The molecule has 0 bridgehead atoms. The van der Waals surface area contributed by atoms with Crippen LogP contribution < -0.4 is 5.32 Å². The summed E-state index contributed by atoms with van der Waals surface area (Å²) < 4.78 is 14.0. The van der Waals surface area contributed by atoms with Crippen LogP contribution in [0.4, 0.5) is 4.39 Å². The van der Waals surface area contributed by atoms with Gasteiger partial charge in [-0.3, -0.25) is 9.59 Å². The number of halogens is 2. The third-order valence-corrected chi connectivity index (χ3v) is 4.63. The Morgan fingerprint density at radius 3 is 2.42 bits per heavy atom. The van der Waals surface area contributed by atoms with Crippen molar-refractivity contribution >= 4 is 23.4 Å². The van der Waals surface area contributed by atoms with Gasteiger partial charge in [0.25, 0.3) is 0 Å². The highest BCUT2D eigenvalue weighted by Crippen LogP contribution is 2.21. The van der Waals surface area contributed by atoms with Crippen LogP contribution in [-0.4, -0.2) is 29.8 Å². The van der Waals surface area contributed by atoms with Crippen LogP contribution >= 0.6 is 11.6 Å². The fraction of sp³-hybridized carbons (Fsp3) is 0.300. The summed E-state index contributed by atoms with van der Waals surface area (Å²) in [6, 6.07) is 11.3. The highest BCUT2D eigenvalue weighted by atomic mass is 35.5. The topological polar surface area (TPSA) is 49.4 Å². The van der Waals surface area contributed by atoms with Gasteiger partial charge in [-0.15, -0.1) is 0 Å². The number of nitrogens with zero attached hydrogens (tertiary/aromatic N) is 1. The normalized spacial score (nSPS) is 11.7. The predicted octanol–water partition coefficient (Wildman–Crippen LogP) is 3.49. The summed E-state index contributed by atoms with van der Waals surface area (Å²) in [5, 5.41) is 2.74. The molecule has 26 heavy (non-hydrogen) atoms. The molecule has 0 radical (unpaired) electrons. The maximum atomic E-state index is 14.0. The number of carbonyl (C=O) groups excluding carboxylic acids is 2. The molecule has 0 aromatic heterocycles. The van der Waals surface area contributed by atoms with E-state index in [4.69, 9.17) is 11.6 Å². The number of aryl methyl sites for hydroxylation is 1. The molecule has 1 N–H and O–H groups in total. The lowest BCUT2D eigenvalue weighted by molar-refractivity contribution is -0.139. The lowest BCUT2D eigenvalue weighted by Gasteiger charge is -2.28. The van der Waals surface area contributed by atoms with Crippen LogP contribution in [0, 0.1) is 12.7 Å². The molecule has 138 valence electrons. The smallest absolute Gasteiger partial charge is 0.242 e. The fourth-order valence-electron chi connectivity index (χ4n) is 2.64. The molecule has 2 rings (SSSR count). The number of rotatable bonds is 6. The van der Waals surface area contributed by atoms with Gasteiger partial charge in [0.1, 0.15) is 11.9 Å². The third kappa shape index (κ3) is 4.82. The van der Waals surface area contributed by atoms with E-state index >= 15 is 0 Å². The number of hydrogen-bond donors (Lipinski definition) is 1. The van der Waals surface area contributed by atoms with E-state index in [9.17, 15) is 14.0 Å². The van der Waals surface area contributed by atoms with Crippen LogP contribution in [0.3, 0.4) is 0 Å². The van der Waals surface area contributed by atoms with E-state index in [0.29, 0.717) is 0 Å². The van der Waals surface area contributed by atoms with Crippen molar-refractivity contribution < 1.29 is 14.0 Å². The molecule has 0 saturated heterocycles. The van der Waals surface area contributed by atoms with Gasteiger partial charge in [-0.25, -0.2) is 4.39 Å². The van der Waals surface area contributed by atoms with Gasteiger partial charge in [-0.2, -0.15) is 0 Å². The minimum atomic E-state index is -0.695. The van der Waals surface area contributed by atoms with Gasteiger partial charge in [-0.1, -0.05) is 47.5 Å². The summed E-state index contributed by atoms with van der Waals surface area (Å²) in [6.45, 7) is 3.87. The Hall–Kier alpha value is -2.40. The largest absolute Gasteiger partial charge is 0.357 e. The van der Waals surface area contributed by atoms with Crippen molar-refractivity contribution in [3.63, 3.8) is 0 Å². The molecule has 0 aliphatic carbocycles. The number of amides is 2. The summed E-state index contributed by atoms with van der Waals surface area (Å²) in [7, 11) is 1.51. The predicted molar refractivity (Wildman–Crippen MR) is 100 cm³/mol. The molecule has 2 aromatic carbocycles. The number of likely N-dealkylation sites (N-methyl/N-ethyl adjacent to an activating group) is 1. The molecule has 0 unspecified atom stereocenters. The van der Waals surface area contributed by atoms with Crippen molar-refractivity contribution in [2.45, 2.75) is 32.9 Å². The van der Waals surface area contributed by atoms with Crippen molar-refractivity contribution in [3.05, 3.63) is 70.0 Å². The first-order valence-electron chi connectivity index (χ1n) is 8.33. The molecule has 0 heterocycles. The summed E-state index contributed by atoms with van der Waals surface area (Å²) in [5.41, 5.74) is 2.13. The Bertz CT molecular complexity index is 773. The molecule has 1 atom stereocenters. The second kappa shape index (κ2) is 8.81. The Labute approximate surface area is 158 Å². The van der Waals surface area contributed by atoms with Crippen molar-refractivity contribution in [1.29, 1.82) is 0 Å². The quantitative estimate of drug-likeness (QED) is 0.838. The molecule has 0 saturated carbocycles. The maximum absolute atomic E-state index is 14.0.